The number of hydrogen-bond acceptors (Lipinski definition) is 2. The molecule has 0 aliphatic carbocycles. The van der Waals surface area contributed by atoms with Crippen molar-refractivity contribution in [3.63, 3.8) is 0 Å². The van der Waals surface area contributed by atoms with Crippen LogP contribution in [-0.2, 0) is 4.79 Å². The van der Waals surface area contributed by atoms with Crippen LogP contribution in [0, 0.1) is 6.92 Å². The average molecular weight is 178 g/mol. The van der Waals surface area contributed by atoms with Crippen molar-refractivity contribution in [1.82, 2.24) is 5.43 Å². The summed E-state index contributed by atoms with van der Waals surface area (Å²) in [6.07, 6.45) is 0. The zero-order chi connectivity index (χ0) is 9.84. The summed E-state index contributed by atoms with van der Waals surface area (Å²) in [6.45, 7) is 3.84. The molecule has 1 amide bonds. The molecular formula is C10H14N2O. The third-order valence-corrected chi connectivity index (χ3v) is 2.11. The lowest BCUT2D eigenvalue weighted by Crippen LogP contribution is -2.33. The smallest absolute Gasteiger partial charge is 0.241 e. The van der Waals surface area contributed by atoms with Gasteiger partial charge in [-0.15, -0.1) is 0 Å². The van der Waals surface area contributed by atoms with Crippen molar-refractivity contribution in [2.45, 2.75) is 19.8 Å². The molecule has 0 saturated carbocycles. The van der Waals surface area contributed by atoms with E-state index in [1.165, 1.54) is 5.56 Å². The van der Waals surface area contributed by atoms with Crippen molar-refractivity contribution < 1.29 is 4.79 Å². The Labute approximate surface area is 77.9 Å². The second kappa shape index (κ2) is 4.05. The summed E-state index contributed by atoms with van der Waals surface area (Å²) in [5.41, 5.74) is 4.30. The molecular weight excluding hydrogens is 164 g/mol. The normalized spacial score (nSPS) is 12.2. The third-order valence-electron chi connectivity index (χ3n) is 2.11. The molecule has 3 N–H and O–H groups in total. The van der Waals surface area contributed by atoms with E-state index in [2.05, 4.69) is 5.43 Å². The fourth-order valence-corrected chi connectivity index (χ4v) is 1.13. The van der Waals surface area contributed by atoms with Gasteiger partial charge in [-0.1, -0.05) is 29.8 Å². The zero-order valence-electron chi connectivity index (χ0n) is 7.87. The number of amides is 1. The number of hydrogen-bond donors (Lipinski definition) is 2. The van der Waals surface area contributed by atoms with E-state index in [1.807, 2.05) is 38.1 Å². The lowest BCUT2D eigenvalue weighted by molar-refractivity contribution is -0.122. The van der Waals surface area contributed by atoms with Gasteiger partial charge in [0.1, 0.15) is 0 Å². The van der Waals surface area contributed by atoms with Gasteiger partial charge in [0.25, 0.3) is 0 Å². The van der Waals surface area contributed by atoms with E-state index in [-0.39, 0.29) is 11.8 Å². The lowest BCUT2D eigenvalue weighted by Gasteiger charge is -2.09. The number of carbonyl (C=O) groups is 1. The Balaban J connectivity index is 2.83. The van der Waals surface area contributed by atoms with Crippen molar-refractivity contribution >= 4 is 5.91 Å². The Bertz CT molecular complexity index is 292. The van der Waals surface area contributed by atoms with Crippen molar-refractivity contribution in [3.05, 3.63) is 35.4 Å². The lowest BCUT2D eigenvalue weighted by atomic mass is 10.00. The van der Waals surface area contributed by atoms with Crippen LogP contribution in [0.1, 0.15) is 24.0 Å². The Kier molecular flexibility index (Phi) is 3.03. The molecule has 1 atom stereocenters. The highest BCUT2D eigenvalue weighted by Gasteiger charge is 2.12. The Morgan fingerprint density at radius 3 is 2.38 bits per heavy atom. The minimum absolute atomic E-state index is 0.163. The SMILES string of the molecule is Cc1ccc(C(C)C(=O)NN)cc1. The molecule has 1 aromatic rings. The summed E-state index contributed by atoms with van der Waals surface area (Å²) in [7, 11) is 0. The van der Waals surface area contributed by atoms with Crippen molar-refractivity contribution in [2.75, 3.05) is 0 Å². The molecule has 0 saturated heterocycles. The molecule has 0 fully saturated rings. The quantitative estimate of drug-likeness (QED) is 0.404. The molecule has 3 nitrogen and oxygen atoms in total. The average Bonchev–Trinajstić information content (AvgIpc) is 2.17. The van der Waals surface area contributed by atoms with Gasteiger partial charge in [-0.05, 0) is 19.4 Å². The molecule has 13 heavy (non-hydrogen) atoms. The molecule has 0 bridgehead atoms. The molecule has 1 unspecified atom stereocenters. The number of hydrazine groups is 1. The van der Waals surface area contributed by atoms with Gasteiger partial charge in [-0.3, -0.25) is 10.2 Å². The Morgan fingerprint density at radius 2 is 1.92 bits per heavy atom. The highest BCUT2D eigenvalue weighted by molar-refractivity contribution is 5.82. The van der Waals surface area contributed by atoms with Gasteiger partial charge in [0.2, 0.25) is 5.91 Å². The fraction of sp³-hybridized carbons (Fsp3) is 0.300. The van der Waals surface area contributed by atoms with E-state index in [0.29, 0.717) is 0 Å². The van der Waals surface area contributed by atoms with E-state index in [1.54, 1.807) is 0 Å². The van der Waals surface area contributed by atoms with Crippen molar-refractivity contribution in [2.24, 2.45) is 5.84 Å². The first-order chi connectivity index (χ1) is 6.15. The van der Waals surface area contributed by atoms with Crippen LogP contribution in [0.4, 0.5) is 0 Å². The van der Waals surface area contributed by atoms with E-state index in [9.17, 15) is 4.79 Å². The van der Waals surface area contributed by atoms with Crippen LogP contribution >= 0.6 is 0 Å². The minimum Gasteiger partial charge on any atom is -0.294 e. The van der Waals surface area contributed by atoms with Gasteiger partial charge in [0.05, 0.1) is 5.92 Å². The van der Waals surface area contributed by atoms with Gasteiger partial charge in [0, 0.05) is 0 Å². The second-order valence-corrected chi connectivity index (χ2v) is 3.14. The maximum atomic E-state index is 11.2. The Hall–Kier alpha value is -1.35. The van der Waals surface area contributed by atoms with Gasteiger partial charge < -0.3 is 0 Å². The van der Waals surface area contributed by atoms with E-state index >= 15 is 0 Å². The molecule has 1 rings (SSSR count). The summed E-state index contributed by atoms with van der Waals surface area (Å²) in [5.74, 6) is 4.69. The summed E-state index contributed by atoms with van der Waals surface area (Å²) in [4.78, 5) is 11.2. The number of nitrogens with one attached hydrogen (secondary N) is 1. The van der Waals surface area contributed by atoms with Crippen LogP contribution in [0.3, 0.4) is 0 Å². The summed E-state index contributed by atoms with van der Waals surface area (Å²) in [6, 6.07) is 7.84. The maximum absolute atomic E-state index is 11.2. The first-order valence-corrected chi connectivity index (χ1v) is 4.22. The minimum atomic E-state index is -0.189. The maximum Gasteiger partial charge on any atom is 0.241 e. The number of benzene rings is 1. The number of carbonyl (C=O) groups excluding carboxylic acids is 1. The van der Waals surface area contributed by atoms with Gasteiger partial charge in [-0.25, -0.2) is 5.84 Å². The van der Waals surface area contributed by atoms with Crippen molar-refractivity contribution in [3.8, 4) is 0 Å². The first-order valence-electron chi connectivity index (χ1n) is 4.22. The molecule has 70 valence electrons. The van der Waals surface area contributed by atoms with Gasteiger partial charge in [0.15, 0.2) is 0 Å². The Morgan fingerprint density at radius 1 is 1.38 bits per heavy atom. The van der Waals surface area contributed by atoms with Crippen molar-refractivity contribution in [1.29, 1.82) is 0 Å². The van der Waals surface area contributed by atoms with E-state index in [0.717, 1.165) is 5.56 Å². The van der Waals surface area contributed by atoms with E-state index < -0.39 is 0 Å². The van der Waals surface area contributed by atoms with Crippen LogP contribution < -0.4 is 11.3 Å². The molecule has 1 aromatic carbocycles. The summed E-state index contributed by atoms with van der Waals surface area (Å²) >= 11 is 0. The third kappa shape index (κ3) is 2.29. The molecule has 0 radical (unpaired) electrons. The predicted molar refractivity (Wildman–Crippen MR) is 51.9 cm³/mol. The van der Waals surface area contributed by atoms with Crippen LogP contribution in [0.5, 0.6) is 0 Å². The van der Waals surface area contributed by atoms with E-state index in [4.69, 9.17) is 5.84 Å². The van der Waals surface area contributed by atoms with Crippen LogP contribution in [0.25, 0.3) is 0 Å². The van der Waals surface area contributed by atoms with Crippen LogP contribution in [0.2, 0.25) is 0 Å². The van der Waals surface area contributed by atoms with Gasteiger partial charge >= 0.3 is 0 Å². The first kappa shape index (κ1) is 9.74. The van der Waals surface area contributed by atoms with Crippen LogP contribution in [-0.4, -0.2) is 5.91 Å². The molecule has 0 heterocycles. The highest BCUT2D eigenvalue weighted by atomic mass is 16.2. The number of aryl methyl sites for hydroxylation is 1. The monoisotopic (exact) mass is 178 g/mol. The number of rotatable bonds is 2. The molecule has 0 spiro atoms. The summed E-state index contributed by atoms with van der Waals surface area (Å²) < 4.78 is 0. The van der Waals surface area contributed by atoms with Gasteiger partial charge in [-0.2, -0.15) is 0 Å². The largest absolute Gasteiger partial charge is 0.294 e. The molecule has 3 heteroatoms. The highest BCUT2D eigenvalue weighted by Crippen LogP contribution is 2.15. The predicted octanol–water partition coefficient (Wildman–Crippen LogP) is 1.09. The number of nitrogens with two attached hydrogens (primary N) is 1. The standard InChI is InChI=1S/C10H14N2O/c1-7-3-5-9(6-4-7)8(2)10(13)12-11/h3-6,8H,11H2,1-2H3,(H,12,13). The molecule has 0 aromatic heterocycles. The topological polar surface area (TPSA) is 55.1 Å². The zero-order valence-corrected chi connectivity index (χ0v) is 7.87. The van der Waals surface area contributed by atoms with Crippen LogP contribution in [0.15, 0.2) is 24.3 Å². The molecule has 0 aliphatic rings. The second-order valence-electron chi connectivity index (χ2n) is 3.14. The fourth-order valence-electron chi connectivity index (χ4n) is 1.13. The summed E-state index contributed by atoms with van der Waals surface area (Å²) in [5, 5.41) is 0. The molecule has 0 aliphatic heterocycles.